The summed E-state index contributed by atoms with van der Waals surface area (Å²) in [6, 6.07) is 4.42. The maximum Gasteiger partial charge on any atom is 0.190 e. The van der Waals surface area contributed by atoms with Crippen molar-refractivity contribution in [2.45, 2.75) is 13.3 Å². The quantitative estimate of drug-likeness (QED) is 0.679. The summed E-state index contributed by atoms with van der Waals surface area (Å²) in [7, 11) is 0. The predicted molar refractivity (Wildman–Crippen MR) is 41.0 cm³/mol. The van der Waals surface area contributed by atoms with Crippen LogP contribution < -0.4 is 4.74 Å². The van der Waals surface area contributed by atoms with Gasteiger partial charge in [-0.15, -0.1) is 0 Å². The molecule has 1 rings (SSSR count). The summed E-state index contributed by atoms with van der Waals surface area (Å²) in [6.07, 6.45) is 0.720. The van der Waals surface area contributed by atoms with Gasteiger partial charge in [0, 0.05) is 0 Å². The van der Waals surface area contributed by atoms with Gasteiger partial charge >= 0.3 is 0 Å². The Hall–Kier alpha value is -1.12. The average Bonchev–Trinajstić information content (AvgIpc) is 2.04. The fraction of sp³-hybridized carbons (Fsp3) is 0.333. The maximum atomic E-state index is 12.8. The lowest BCUT2D eigenvalue weighted by molar-refractivity contribution is 0.285. The molecule has 12 heavy (non-hydrogen) atoms. The lowest BCUT2D eigenvalue weighted by Crippen LogP contribution is -1.99. The summed E-state index contributed by atoms with van der Waals surface area (Å²) in [5.41, 5.74) is 0. The summed E-state index contributed by atoms with van der Waals surface area (Å²) in [4.78, 5) is 0. The van der Waals surface area contributed by atoms with Crippen molar-refractivity contribution in [3.63, 3.8) is 0 Å². The molecule has 1 radical (unpaired) electrons. The topological polar surface area (TPSA) is 9.23 Å². The summed E-state index contributed by atoms with van der Waals surface area (Å²) < 4.78 is 30.4. The second-order valence-electron chi connectivity index (χ2n) is 2.33. The van der Waals surface area contributed by atoms with Crippen molar-refractivity contribution in [1.82, 2.24) is 0 Å². The summed E-state index contributed by atoms with van der Waals surface area (Å²) >= 11 is 0. The molecule has 0 saturated heterocycles. The molecule has 65 valence electrons. The van der Waals surface area contributed by atoms with Gasteiger partial charge < -0.3 is 4.74 Å². The van der Waals surface area contributed by atoms with E-state index in [1.807, 2.05) is 6.92 Å². The maximum absolute atomic E-state index is 12.8. The predicted octanol–water partition coefficient (Wildman–Crippen LogP) is 2.55. The van der Waals surface area contributed by atoms with E-state index in [2.05, 4.69) is 6.07 Å². The second-order valence-corrected chi connectivity index (χ2v) is 2.33. The van der Waals surface area contributed by atoms with Gasteiger partial charge in [-0.2, -0.15) is 0 Å². The minimum absolute atomic E-state index is 0.310. The van der Waals surface area contributed by atoms with E-state index in [1.54, 1.807) is 0 Å². The van der Waals surface area contributed by atoms with Crippen molar-refractivity contribution in [2.75, 3.05) is 6.61 Å². The Kier molecular flexibility index (Phi) is 3.02. The van der Waals surface area contributed by atoms with Crippen molar-refractivity contribution in [3.8, 4) is 5.75 Å². The number of hydrogen-bond acceptors (Lipinski definition) is 1. The van der Waals surface area contributed by atoms with Gasteiger partial charge in [-0.25, -0.2) is 8.78 Å². The van der Waals surface area contributed by atoms with Crippen LogP contribution in [0.15, 0.2) is 12.1 Å². The highest BCUT2D eigenvalue weighted by atomic mass is 19.1. The standard InChI is InChI=1S/C9H9F2O/c1-2-6-12-9-7(10)4-3-5-8(9)11/h4-5H,2,6H2,1H3. The third-order valence-corrected chi connectivity index (χ3v) is 1.30. The zero-order valence-corrected chi connectivity index (χ0v) is 6.73. The molecule has 0 atom stereocenters. The molecule has 0 aliphatic heterocycles. The van der Waals surface area contributed by atoms with Gasteiger partial charge in [0.2, 0.25) is 0 Å². The SMILES string of the molecule is CCCOc1c(F)c[c]cc1F. The molecule has 0 aromatic heterocycles. The van der Waals surface area contributed by atoms with Gasteiger partial charge in [-0.1, -0.05) is 6.92 Å². The van der Waals surface area contributed by atoms with E-state index in [-0.39, 0.29) is 5.75 Å². The van der Waals surface area contributed by atoms with Gasteiger partial charge in [0.15, 0.2) is 17.4 Å². The highest BCUT2D eigenvalue weighted by Crippen LogP contribution is 2.20. The molecule has 0 heterocycles. The Morgan fingerprint density at radius 2 is 1.92 bits per heavy atom. The van der Waals surface area contributed by atoms with Crippen molar-refractivity contribution in [3.05, 3.63) is 29.8 Å². The monoisotopic (exact) mass is 171 g/mol. The van der Waals surface area contributed by atoms with E-state index >= 15 is 0 Å². The number of rotatable bonds is 3. The first-order valence-electron chi connectivity index (χ1n) is 3.73. The number of benzene rings is 1. The van der Waals surface area contributed by atoms with Gasteiger partial charge in [-0.3, -0.25) is 0 Å². The van der Waals surface area contributed by atoms with Crippen molar-refractivity contribution in [1.29, 1.82) is 0 Å². The van der Waals surface area contributed by atoms with E-state index in [1.165, 1.54) is 0 Å². The molecule has 0 aliphatic carbocycles. The molecule has 1 aromatic carbocycles. The molecule has 0 fully saturated rings. The van der Waals surface area contributed by atoms with Gasteiger partial charge in [0.1, 0.15) is 0 Å². The molecule has 0 aliphatic rings. The van der Waals surface area contributed by atoms with Gasteiger partial charge in [-0.05, 0) is 24.6 Å². The number of ether oxygens (including phenoxy) is 1. The highest BCUT2D eigenvalue weighted by Gasteiger charge is 2.08. The van der Waals surface area contributed by atoms with Gasteiger partial charge in [0.25, 0.3) is 0 Å². The molecule has 0 unspecified atom stereocenters. The van der Waals surface area contributed by atoms with Crippen molar-refractivity contribution in [2.24, 2.45) is 0 Å². The molecule has 1 nitrogen and oxygen atoms in total. The lowest BCUT2D eigenvalue weighted by atomic mass is 10.3. The Morgan fingerprint density at radius 3 is 2.42 bits per heavy atom. The fourth-order valence-corrected chi connectivity index (χ4v) is 0.775. The van der Waals surface area contributed by atoms with E-state index in [4.69, 9.17) is 4.74 Å². The minimum atomic E-state index is -0.705. The van der Waals surface area contributed by atoms with Crippen LogP contribution in [0.25, 0.3) is 0 Å². The summed E-state index contributed by atoms with van der Waals surface area (Å²) in [6.45, 7) is 2.18. The molecular weight excluding hydrogens is 162 g/mol. The number of halogens is 2. The first-order chi connectivity index (χ1) is 5.75. The van der Waals surface area contributed by atoms with Crippen molar-refractivity contribution >= 4 is 0 Å². The van der Waals surface area contributed by atoms with Crippen LogP contribution in [0.4, 0.5) is 8.78 Å². The fourth-order valence-electron chi connectivity index (χ4n) is 0.775. The third kappa shape index (κ3) is 1.94. The van der Waals surface area contributed by atoms with Crippen LogP contribution in [0.5, 0.6) is 5.75 Å². The average molecular weight is 171 g/mol. The van der Waals surface area contributed by atoms with Crippen LogP contribution in [-0.2, 0) is 0 Å². The van der Waals surface area contributed by atoms with E-state index in [0.29, 0.717) is 6.61 Å². The van der Waals surface area contributed by atoms with Crippen LogP contribution in [0.3, 0.4) is 0 Å². The normalized spacial score (nSPS) is 9.92. The molecule has 0 saturated carbocycles. The van der Waals surface area contributed by atoms with Gasteiger partial charge in [0.05, 0.1) is 6.61 Å². The molecular formula is C9H9F2O. The van der Waals surface area contributed by atoms with Crippen LogP contribution in [0.1, 0.15) is 13.3 Å². The minimum Gasteiger partial charge on any atom is -0.488 e. The molecule has 0 bridgehead atoms. The summed E-state index contributed by atoms with van der Waals surface area (Å²) in [5.74, 6) is -1.72. The van der Waals surface area contributed by atoms with E-state index in [9.17, 15) is 8.78 Å². The van der Waals surface area contributed by atoms with E-state index in [0.717, 1.165) is 18.6 Å². The molecule has 1 aromatic rings. The second kappa shape index (κ2) is 4.04. The molecule has 0 spiro atoms. The number of hydrogen-bond donors (Lipinski definition) is 0. The lowest BCUT2D eigenvalue weighted by Gasteiger charge is -2.05. The van der Waals surface area contributed by atoms with Crippen LogP contribution in [-0.4, -0.2) is 6.61 Å². The molecule has 3 heteroatoms. The zero-order chi connectivity index (χ0) is 8.97. The van der Waals surface area contributed by atoms with Crippen molar-refractivity contribution < 1.29 is 13.5 Å². The Balaban J connectivity index is 2.81. The van der Waals surface area contributed by atoms with Crippen LogP contribution in [0.2, 0.25) is 0 Å². The largest absolute Gasteiger partial charge is 0.488 e. The summed E-state index contributed by atoms with van der Waals surface area (Å²) in [5, 5.41) is 0. The Labute approximate surface area is 70.0 Å². The van der Waals surface area contributed by atoms with Crippen LogP contribution >= 0.6 is 0 Å². The Bertz CT molecular complexity index is 240. The van der Waals surface area contributed by atoms with E-state index < -0.39 is 11.6 Å². The zero-order valence-electron chi connectivity index (χ0n) is 6.73. The molecule has 0 amide bonds. The highest BCUT2D eigenvalue weighted by molar-refractivity contribution is 5.25. The third-order valence-electron chi connectivity index (χ3n) is 1.30. The first-order valence-corrected chi connectivity index (χ1v) is 3.73. The first kappa shape index (κ1) is 8.97. The Morgan fingerprint density at radius 1 is 1.33 bits per heavy atom. The van der Waals surface area contributed by atoms with Crippen LogP contribution in [0, 0.1) is 17.7 Å². The molecule has 0 N–H and O–H groups in total. The smallest absolute Gasteiger partial charge is 0.190 e.